The fourth-order valence-electron chi connectivity index (χ4n) is 4.53. The summed E-state index contributed by atoms with van der Waals surface area (Å²) in [4.78, 5) is 14.9. The maximum absolute atomic E-state index is 12.9. The van der Waals surface area contributed by atoms with Crippen LogP contribution in [0.1, 0.15) is 46.0 Å². The third-order valence-electron chi connectivity index (χ3n) is 5.91. The van der Waals surface area contributed by atoms with Crippen LogP contribution in [0.4, 0.5) is 0 Å². The summed E-state index contributed by atoms with van der Waals surface area (Å²) >= 11 is 0. The molecule has 21 heavy (non-hydrogen) atoms. The Bertz CT molecular complexity index is 371. The second-order valence-corrected chi connectivity index (χ2v) is 7.63. The summed E-state index contributed by atoms with van der Waals surface area (Å²) < 4.78 is 5.78. The first-order valence-corrected chi connectivity index (χ1v) is 8.72. The minimum atomic E-state index is 0.202. The zero-order valence-corrected chi connectivity index (χ0v) is 13.5. The van der Waals surface area contributed by atoms with Gasteiger partial charge in [0.2, 0.25) is 5.91 Å². The second-order valence-electron chi connectivity index (χ2n) is 7.63. The molecule has 3 rings (SSSR count). The lowest BCUT2D eigenvalue weighted by Gasteiger charge is -2.45. The first kappa shape index (κ1) is 15.3. The van der Waals surface area contributed by atoms with Crippen molar-refractivity contribution in [3.63, 3.8) is 0 Å². The summed E-state index contributed by atoms with van der Waals surface area (Å²) in [7, 11) is 0. The maximum atomic E-state index is 12.9. The number of amides is 1. The predicted octanol–water partition coefficient (Wildman–Crippen LogP) is 2.02. The van der Waals surface area contributed by atoms with Crippen LogP contribution < -0.4 is 5.73 Å². The highest BCUT2D eigenvalue weighted by molar-refractivity contribution is 5.79. The lowest BCUT2D eigenvalue weighted by molar-refractivity contribution is -0.147. The highest BCUT2D eigenvalue weighted by atomic mass is 16.5. The van der Waals surface area contributed by atoms with Crippen molar-refractivity contribution in [1.82, 2.24) is 4.90 Å². The van der Waals surface area contributed by atoms with E-state index >= 15 is 0 Å². The quantitative estimate of drug-likeness (QED) is 0.848. The molecule has 120 valence electrons. The van der Waals surface area contributed by atoms with Gasteiger partial charge in [0.25, 0.3) is 0 Å². The summed E-state index contributed by atoms with van der Waals surface area (Å²) in [5.74, 6) is 2.21. The van der Waals surface area contributed by atoms with E-state index in [0.29, 0.717) is 36.3 Å². The van der Waals surface area contributed by atoms with Crippen molar-refractivity contribution in [3.05, 3.63) is 0 Å². The van der Waals surface area contributed by atoms with Gasteiger partial charge in [0.15, 0.2) is 0 Å². The summed E-state index contributed by atoms with van der Waals surface area (Å²) in [6.07, 6.45) is 5.98. The number of hydrogen-bond donors (Lipinski definition) is 1. The number of rotatable bonds is 2. The Hall–Kier alpha value is -0.610. The molecule has 4 heteroatoms. The average molecular weight is 294 g/mol. The maximum Gasteiger partial charge on any atom is 0.225 e. The Labute approximate surface area is 128 Å². The van der Waals surface area contributed by atoms with Gasteiger partial charge in [0, 0.05) is 25.0 Å². The zero-order valence-electron chi connectivity index (χ0n) is 13.5. The molecule has 0 aromatic heterocycles. The van der Waals surface area contributed by atoms with E-state index in [0.717, 1.165) is 25.9 Å². The number of nitrogens with zero attached hydrogens (tertiary/aromatic N) is 1. The summed E-state index contributed by atoms with van der Waals surface area (Å²) in [5.41, 5.74) is 6.34. The van der Waals surface area contributed by atoms with E-state index in [1.165, 1.54) is 19.3 Å². The van der Waals surface area contributed by atoms with Crippen molar-refractivity contribution in [3.8, 4) is 0 Å². The van der Waals surface area contributed by atoms with E-state index in [-0.39, 0.29) is 12.0 Å². The molecule has 0 aromatic carbocycles. The van der Waals surface area contributed by atoms with Crippen molar-refractivity contribution >= 4 is 5.91 Å². The van der Waals surface area contributed by atoms with Gasteiger partial charge in [-0.25, -0.2) is 0 Å². The lowest BCUT2D eigenvalue weighted by Crippen LogP contribution is -2.53. The van der Waals surface area contributed by atoms with Crippen molar-refractivity contribution in [2.45, 2.75) is 58.1 Å². The zero-order chi connectivity index (χ0) is 15.0. The number of hydrogen-bond acceptors (Lipinski definition) is 3. The first-order valence-electron chi connectivity index (χ1n) is 8.72. The highest BCUT2D eigenvalue weighted by Gasteiger charge is 2.42. The monoisotopic (exact) mass is 294 g/mol. The van der Waals surface area contributed by atoms with E-state index in [4.69, 9.17) is 10.5 Å². The van der Waals surface area contributed by atoms with Crippen molar-refractivity contribution in [1.29, 1.82) is 0 Å². The normalized spacial score (nSPS) is 40.4. The van der Waals surface area contributed by atoms with Crippen molar-refractivity contribution in [2.75, 3.05) is 19.7 Å². The van der Waals surface area contributed by atoms with Gasteiger partial charge in [-0.3, -0.25) is 4.79 Å². The Kier molecular flexibility index (Phi) is 4.55. The van der Waals surface area contributed by atoms with Gasteiger partial charge in [0.05, 0.1) is 12.7 Å². The molecule has 0 aromatic rings. The van der Waals surface area contributed by atoms with Crippen LogP contribution >= 0.6 is 0 Å². The molecule has 1 saturated heterocycles. The number of nitrogens with two attached hydrogens (primary N) is 1. The molecule has 3 unspecified atom stereocenters. The molecular formula is C17H30N2O2. The van der Waals surface area contributed by atoms with Gasteiger partial charge >= 0.3 is 0 Å². The molecule has 3 fully saturated rings. The average Bonchev–Trinajstić information content (AvgIpc) is 2.46. The number of morpholine rings is 1. The van der Waals surface area contributed by atoms with E-state index in [2.05, 4.69) is 18.7 Å². The van der Waals surface area contributed by atoms with Crippen LogP contribution in [0.3, 0.4) is 0 Å². The minimum absolute atomic E-state index is 0.202. The first-order chi connectivity index (χ1) is 10.1. The summed E-state index contributed by atoms with van der Waals surface area (Å²) in [5, 5.41) is 0. The van der Waals surface area contributed by atoms with E-state index < -0.39 is 0 Å². The molecule has 2 saturated carbocycles. The van der Waals surface area contributed by atoms with Gasteiger partial charge in [-0.05, 0) is 43.4 Å². The van der Waals surface area contributed by atoms with Crippen LogP contribution in [0.5, 0.6) is 0 Å². The standard InChI is InChI=1S/C17H30N2O2/c1-11(2)15-10-19(6-7-21-15)17(20)14-8-12-4-3-5-13(9-14)16(12)18/h11-16H,3-10,18H2,1-2H3. The minimum Gasteiger partial charge on any atom is -0.374 e. The number of ether oxygens (including phenoxy) is 1. The van der Waals surface area contributed by atoms with Crippen LogP contribution in [-0.4, -0.2) is 42.6 Å². The molecule has 2 bridgehead atoms. The molecule has 1 heterocycles. The molecule has 1 amide bonds. The topological polar surface area (TPSA) is 55.6 Å². The summed E-state index contributed by atoms with van der Waals surface area (Å²) in [6, 6.07) is 0.343. The SMILES string of the molecule is CC(C)C1CN(C(=O)C2CC3CCCC(C2)C3N)CCO1. The van der Waals surface area contributed by atoms with Gasteiger partial charge in [0.1, 0.15) is 0 Å². The summed E-state index contributed by atoms with van der Waals surface area (Å²) in [6.45, 7) is 6.56. The third kappa shape index (κ3) is 3.11. The number of carbonyl (C=O) groups excluding carboxylic acids is 1. The second kappa shape index (κ2) is 6.25. The largest absolute Gasteiger partial charge is 0.374 e. The van der Waals surface area contributed by atoms with Crippen LogP contribution in [0.2, 0.25) is 0 Å². The molecule has 3 aliphatic rings. The van der Waals surface area contributed by atoms with Gasteiger partial charge in [-0.2, -0.15) is 0 Å². The Morgan fingerprint density at radius 1 is 1.24 bits per heavy atom. The molecule has 0 spiro atoms. The molecule has 3 atom stereocenters. The third-order valence-corrected chi connectivity index (χ3v) is 5.91. The number of fused-ring (bicyclic) bond motifs is 2. The van der Waals surface area contributed by atoms with Crippen LogP contribution in [-0.2, 0) is 9.53 Å². The fraction of sp³-hybridized carbons (Fsp3) is 0.941. The Morgan fingerprint density at radius 3 is 2.52 bits per heavy atom. The lowest BCUT2D eigenvalue weighted by atomic mass is 9.65. The van der Waals surface area contributed by atoms with Gasteiger partial charge in [-0.1, -0.05) is 20.3 Å². The van der Waals surface area contributed by atoms with Crippen molar-refractivity contribution in [2.24, 2.45) is 29.4 Å². The van der Waals surface area contributed by atoms with Crippen LogP contribution in [0, 0.1) is 23.7 Å². The van der Waals surface area contributed by atoms with Crippen molar-refractivity contribution < 1.29 is 9.53 Å². The number of carbonyl (C=O) groups is 1. The molecule has 0 radical (unpaired) electrons. The molecule has 4 nitrogen and oxygen atoms in total. The Morgan fingerprint density at radius 2 is 1.90 bits per heavy atom. The van der Waals surface area contributed by atoms with E-state index in [9.17, 15) is 4.79 Å². The van der Waals surface area contributed by atoms with E-state index in [1.807, 2.05) is 0 Å². The molecule has 2 aliphatic carbocycles. The van der Waals surface area contributed by atoms with Crippen LogP contribution in [0.25, 0.3) is 0 Å². The molecule has 2 N–H and O–H groups in total. The highest BCUT2D eigenvalue weighted by Crippen LogP contribution is 2.42. The molecular weight excluding hydrogens is 264 g/mol. The van der Waals surface area contributed by atoms with Gasteiger partial charge < -0.3 is 15.4 Å². The van der Waals surface area contributed by atoms with Gasteiger partial charge in [-0.15, -0.1) is 0 Å². The molecule has 1 aliphatic heterocycles. The predicted molar refractivity (Wildman–Crippen MR) is 82.7 cm³/mol. The smallest absolute Gasteiger partial charge is 0.225 e. The van der Waals surface area contributed by atoms with Crippen LogP contribution in [0.15, 0.2) is 0 Å². The fourth-order valence-corrected chi connectivity index (χ4v) is 4.53. The Balaban J connectivity index is 1.63. The van der Waals surface area contributed by atoms with E-state index in [1.54, 1.807) is 0 Å².